The maximum atomic E-state index is 11.0. The molecule has 0 N–H and O–H groups in total. The van der Waals surface area contributed by atoms with E-state index in [-0.39, 0.29) is 5.78 Å². The maximum Gasteiger partial charge on any atom is 0.277 e. The molecule has 0 radical (unpaired) electrons. The van der Waals surface area contributed by atoms with E-state index in [0.29, 0.717) is 16.9 Å². The fourth-order valence-corrected chi connectivity index (χ4v) is 2.46. The Balaban J connectivity index is 1.99. The molecule has 0 bridgehead atoms. The summed E-state index contributed by atoms with van der Waals surface area (Å²) in [5.41, 5.74) is 2.43. The molecule has 6 nitrogen and oxygen atoms in total. The van der Waals surface area contributed by atoms with Crippen molar-refractivity contribution in [3.63, 3.8) is 0 Å². The van der Waals surface area contributed by atoms with Gasteiger partial charge in [0.05, 0.1) is 11.4 Å². The van der Waals surface area contributed by atoms with Crippen LogP contribution in [0.15, 0.2) is 34.0 Å². The summed E-state index contributed by atoms with van der Waals surface area (Å²) in [7, 11) is 0. The number of rotatable bonds is 4. The van der Waals surface area contributed by atoms with Crippen LogP contribution < -0.4 is 0 Å². The highest BCUT2D eigenvalue weighted by Crippen LogP contribution is 2.26. The van der Waals surface area contributed by atoms with Gasteiger partial charge in [-0.25, -0.2) is 4.98 Å². The average molecular weight is 288 g/mol. The summed E-state index contributed by atoms with van der Waals surface area (Å²) in [5.74, 6) is 0.807. The van der Waals surface area contributed by atoms with Gasteiger partial charge in [-0.3, -0.25) is 9.20 Å². The second-order valence-corrected chi connectivity index (χ2v) is 5.27. The molecule has 0 saturated heterocycles. The molecule has 0 saturated carbocycles. The Morgan fingerprint density at radius 2 is 2.25 bits per heavy atom. The van der Waals surface area contributed by atoms with Crippen molar-refractivity contribution in [2.45, 2.75) is 19.1 Å². The number of fused-ring (bicyclic) bond motifs is 1. The predicted molar refractivity (Wildman–Crippen MR) is 74.6 cm³/mol. The number of aromatic nitrogens is 4. The van der Waals surface area contributed by atoms with Crippen LogP contribution in [0.3, 0.4) is 0 Å². The molecule has 0 unspecified atom stereocenters. The Morgan fingerprint density at radius 3 is 3.05 bits per heavy atom. The first kappa shape index (κ1) is 12.9. The molecule has 3 heterocycles. The second kappa shape index (κ2) is 5.09. The molecule has 3 rings (SSSR count). The van der Waals surface area contributed by atoms with Gasteiger partial charge in [-0.2, -0.15) is 0 Å². The highest BCUT2D eigenvalue weighted by atomic mass is 32.2. The van der Waals surface area contributed by atoms with Gasteiger partial charge in [-0.15, -0.1) is 10.2 Å². The quantitative estimate of drug-likeness (QED) is 0.686. The normalized spacial score (nSPS) is 11.1. The molecule has 0 aromatic carbocycles. The third kappa shape index (κ3) is 2.32. The summed E-state index contributed by atoms with van der Waals surface area (Å²) in [4.78, 5) is 15.4. The van der Waals surface area contributed by atoms with E-state index in [0.717, 1.165) is 17.0 Å². The Labute approximate surface area is 119 Å². The fraction of sp³-hybridized carbons (Fsp3) is 0.231. The van der Waals surface area contributed by atoms with Crippen molar-refractivity contribution in [2.24, 2.45) is 0 Å². The first-order valence-electron chi connectivity index (χ1n) is 6.05. The van der Waals surface area contributed by atoms with Crippen LogP contribution in [-0.4, -0.2) is 31.1 Å². The number of pyridine rings is 1. The number of Topliss-reactive ketones (excluding diaryl/α,β-unsaturated/α-hetero) is 1. The highest BCUT2D eigenvalue weighted by molar-refractivity contribution is 7.99. The Morgan fingerprint density at radius 1 is 1.40 bits per heavy atom. The minimum atomic E-state index is 0.0701. The van der Waals surface area contributed by atoms with Crippen LogP contribution in [0.5, 0.6) is 0 Å². The minimum absolute atomic E-state index is 0.0701. The molecule has 0 spiro atoms. The third-order valence-corrected chi connectivity index (χ3v) is 3.67. The van der Waals surface area contributed by atoms with Crippen molar-refractivity contribution >= 4 is 23.2 Å². The molecule has 0 aliphatic heterocycles. The summed E-state index contributed by atoms with van der Waals surface area (Å²) < 4.78 is 7.50. The molecule has 0 amide bonds. The molecule has 7 heteroatoms. The SMILES string of the molecule is CC(=O)CSc1nnc(-c2c(C)nc3ccccn23)o1. The Hall–Kier alpha value is -2.15. The smallest absolute Gasteiger partial charge is 0.277 e. The van der Waals surface area contributed by atoms with Crippen molar-refractivity contribution in [1.29, 1.82) is 0 Å². The van der Waals surface area contributed by atoms with Crippen molar-refractivity contribution in [1.82, 2.24) is 19.6 Å². The van der Waals surface area contributed by atoms with Gasteiger partial charge in [-0.1, -0.05) is 17.8 Å². The number of aryl methyl sites for hydroxylation is 1. The number of carbonyl (C=O) groups is 1. The number of imidazole rings is 1. The van der Waals surface area contributed by atoms with Crippen LogP contribution >= 0.6 is 11.8 Å². The highest BCUT2D eigenvalue weighted by Gasteiger charge is 2.17. The summed E-state index contributed by atoms with van der Waals surface area (Å²) in [5, 5.41) is 8.37. The first-order valence-corrected chi connectivity index (χ1v) is 7.03. The van der Waals surface area contributed by atoms with Crippen molar-refractivity contribution < 1.29 is 9.21 Å². The van der Waals surface area contributed by atoms with E-state index in [1.165, 1.54) is 18.7 Å². The molecular weight excluding hydrogens is 276 g/mol. The molecule has 20 heavy (non-hydrogen) atoms. The monoisotopic (exact) mass is 288 g/mol. The van der Waals surface area contributed by atoms with Crippen molar-refractivity contribution in [3.05, 3.63) is 30.1 Å². The van der Waals surface area contributed by atoms with E-state index in [1.54, 1.807) is 0 Å². The molecule has 0 aliphatic carbocycles. The van der Waals surface area contributed by atoms with E-state index in [4.69, 9.17) is 4.42 Å². The lowest BCUT2D eigenvalue weighted by atomic mass is 10.3. The van der Waals surface area contributed by atoms with Gasteiger partial charge < -0.3 is 4.42 Å². The minimum Gasteiger partial charge on any atom is -0.410 e. The second-order valence-electron chi connectivity index (χ2n) is 4.34. The van der Waals surface area contributed by atoms with Crippen LogP contribution in [0.2, 0.25) is 0 Å². The maximum absolute atomic E-state index is 11.0. The topological polar surface area (TPSA) is 73.3 Å². The van der Waals surface area contributed by atoms with Gasteiger partial charge in [0.1, 0.15) is 17.1 Å². The molecule has 0 fully saturated rings. The molecule has 3 aromatic heterocycles. The van der Waals surface area contributed by atoms with Crippen LogP contribution in [0.1, 0.15) is 12.6 Å². The van der Waals surface area contributed by atoms with E-state index in [9.17, 15) is 4.79 Å². The van der Waals surface area contributed by atoms with Gasteiger partial charge in [0.2, 0.25) is 0 Å². The van der Waals surface area contributed by atoms with Gasteiger partial charge in [-0.05, 0) is 26.0 Å². The van der Waals surface area contributed by atoms with Crippen molar-refractivity contribution in [3.8, 4) is 11.6 Å². The Bertz CT molecular complexity index is 778. The van der Waals surface area contributed by atoms with Gasteiger partial charge in [0.15, 0.2) is 0 Å². The number of ketones is 1. The predicted octanol–water partition coefficient (Wildman–Crippen LogP) is 2.37. The summed E-state index contributed by atoms with van der Waals surface area (Å²) in [6.45, 7) is 3.42. The molecule has 3 aromatic rings. The van der Waals surface area contributed by atoms with Crippen molar-refractivity contribution in [2.75, 3.05) is 5.75 Å². The summed E-state index contributed by atoms with van der Waals surface area (Å²) >= 11 is 1.24. The molecule has 0 atom stereocenters. The third-order valence-electron chi connectivity index (χ3n) is 2.71. The number of nitrogens with zero attached hydrogens (tertiary/aromatic N) is 4. The average Bonchev–Trinajstić information content (AvgIpc) is 2.99. The number of hydrogen-bond acceptors (Lipinski definition) is 6. The zero-order valence-electron chi connectivity index (χ0n) is 11.0. The number of hydrogen-bond donors (Lipinski definition) is 0. The lowest BCUT2D eigenvalue weighted by Gasteiger charge is -1.96. The largest absolute Gasteiger partial charge is 0.410 e. The summed E-state index contributed by atoms with van der Waals surface area (Å²) in [6, 6.07) is 5.76. The van der Waals surface area contributed by atoms with Gasteiger partial charge in [0.25, 0.3) is 11.1 Å². The Kier molecular flexibility index (Phi) is 3.27. The molecular formula is C13H12N4O2S. The first-order chi connectivity index (χ1) is 9.65. The van der Waals surface area contributed by atoms with Crippen LogP contribution in [0, 0.1) is 6.92 Å². The van der Waals surface area contributed by atoms with E-state index < -0.39 is 0 Å². The zero-order chi connectivity index (χ0) is 14.1. The van der Waals surface area contributed by atoms with E-state index >= 15 is 0 Å². The van der Waals surface area contributed by atoms with Crippen LogP contribution in [0.25, 0.3) is 17.2 Å². The molecule has 0 aliphatic rings. The number of thioether (sulfide) groups is 1. The van der Waals surface area contributed by atoms with E-state index in [2.05, 4.69) is 15.2 Å². The van der Waals surface area contributed by atoms with E-state index in [1.807, 2.05) is 35.7 Å². The lowest BCUT2D eigenvalue weighted by Crippen LogP contribution is -1.92. The lowest BCUT2D eigenvalue weighted by molar-refractivity contribution is -0.114. The van der Waals surface area contributed by atoms with Gasteiger partial charge in [0, 0.05) is 6.20 Å². The van der Waals surface area contributed by atoms with Crippen LogP contribution in [-0.2, 0) is 4.79 Å². The standard InChI is InChI=1S/C13H12N4O2S/c1-8(18)7-20-13-16-15-12(19-13)11-9(2)14-10-5-3-4-6-17(10)11/h3-6H,7H2,1-2H3. The number of carbonyl (C=O) groups excluding carboxylic acids is 1. The fourth-order valence-electron chi connectivity index (χ4n) is 1.90. The molecule has 102 valence electrons. The van der Waals surface area contributed by atoms with Crippen LogP contribution in [0.4, 0.5) is 0 Å². The van der Waals surface area contributed by atoms with Gasteiger partial charge >= 0.3 is 0 Å². The summed E-state index contributed by atoms with van der Waals surface area (Å²) in [6.07, 6.45) is 1.90. The zero-order valence-corrected chi connectivity index (χ0v) is 11.8.